The molecule has 1 saturated heterocycles. The minimum absolute atomic E-state index is 0.546. The Labute approximate surface area is 177 Å². The molecule has 0 aliphatic carbocycles. The Hall–Kier alpha value is -3.40. The first kappa shape index (κ1) is 18.6. The van der Waals surface area contributed by atoms with Crippen LogP contribution in [0.2, 0.25) is 0 Å². The molecule has 3 aromatic carbocycles. The predicted octanol–water partition coefficient (Wildman–Crippen LogP) is 5.87. The fourth-order valence-electron chi connectivity index (χ4n) is 4.01. The summed E-state index contributed by atoms with van der Waals surface area (Å²) in [6, 6.07) is 24.7. The molecule has 0 N–H and O–H groups in total. The van der Waals surface area contributed by atoms with Gasteiger partial charge in [0.05, 0.1) is 17.2 Å². The van der Waals surface area contributed by atoms with Gasteiger partial charge in [-0.15, -0.1) is 0 Å². The zero-order chi connectivity index (χ0) is 20.2. The van der Waals surface area contributed by atoms with Crippen LogP contribution in [0.1, 0.15) is 24.8 Å². The normalized spacial score (nSPS) is 14.1. The number of para-hydroxylation sites is 1. The molecule has 4 heteroatoms. The third kappa shape index (κ3) is 3.99. The fourth-order valence-corrected chi connectivity index (χ4v) is 4.01. The van der Waals surface area contributed by atoms with Crippen molar-refractivity contribution in [2.75, 3.05) is 18.0 Å². The van der Waals surface area contributed by atoms with Gasteiger partial charge in [-0.05, 0) is 48.6 Å². The molecule has 1 aliphatic heterocycles. The van der Waals surface area contributed by atoms with E-state index in [2.05, 4.69) is 40.2 Å². The molecule has 0 spiro atoms. The van der Waals surface area contributed by atoms with Crippen molar-refractivity contribution in [3.8, 4) is 16.9 Å². The molecule has 0 saturated carbocycles. The van der Waals surface area contributed by atoms with E-state index in [4.69, 9.17) is 9.72 Å². The van der Waals surface area contributed by atoms with Crippen LogP contribution in [0.25, 0.3) is 22.2 Å². The summed E-state index contributed by atoms with van der Waals surface area (Å²) in [7, 11) is 0. The number of rotatable bonds is 5. The molecule has 0 radical (unpaired) electrons. The Balaban J connectivity index is 1.45. The average Bonchev–Trinajstić information content (AvgIpc) is 2.83. The molecule has 4 nitrogen and oxygen atoms in total. The molecule has 1 aromatic heterocycles. The Morgan fingerprint density at radius 2 is 1.60 bits per heavy atom. The molecule has 0 bridgehead atoms. The SMILES string of the molecule is c1ccc(COc2ccccc2-c2ccc3ncc(N4CCCCC4)nc3c2)cc1. The first-order chi connectivity index (χ1) is 14.9. The van der Waals surface area contributed by atoms with Crippen molar-refractivity contribution in [3.05, 3.63) is 84.6 Å². The second-order valence-corrected chi connectivity index (χ2v) is 7.75. The van der Waals surface area contributed by atoms with Crippen molar-refractivity contribution in [2.45, 2.75) is 25.9 Å². The zero-order valence-electron chi connectivity index (χ0n) is 17.0. The highest BCUT2D eigenvalue weighted by molar-refractivity contribution is 5.83. The van der Waals surface area contributed by atoms with Crippen LogP contribution in [0, 0.1) is 0 Å². The monoisotopic (exact) mass is 395 g/mol. The largest absolute Gasteiger partial charge is 0.488 e. The maximum Gasteiger partial charge on any atom is 0.147 e. The Morgan fingerprint density at radius 3 is 2.47 bits per heavy atom. The van der Waals surface area contributed by atoms with Crippen molar-refractivity contribution in [3.63, 3.8) is 0 Å². The molecule has 30 heavy (non-hydrogen) atoms. The van der Waals surface area contributed by atoms with Gasteiger partial charge in [-0.3, -0.25) is 4.98 Å². The van der Waals surface area contributed by atoms with Crippen LogP contribution >= 0.6 is 0 Å². The van der Waals surface area contributed by atoms with Crippen LogP contribution in [0.3, 0.4) is 0 Å². The van der Waals surface area contributed by atoms with Gasteiger partial charge in [-0.25, -0.2) is 4.98 Å². The van der Waals surface area contributed by atoms with Crippen molar-refractivity contribution >= 4 is 16.9 Å². The van der Waals surface area contributed by atoms with E-state index in [0.717, 1.165) is 52.4 Å². The number of ether oxygens (including phenoxy) is 1. The number of nitrogens with zero attached hydrogens (tertiary/aromatic N) is 3. The summed E-state index contributed by atoms with van der Waals surface area (Å²) in [5.41, 5.74) is 5.16. The van der Waals surface area contributed by atoms with Crippen LogP contribution < -0.4 is 9.64 Å². The zero-order valence-corrected chi connectivity index (χ0v) is 17.0. The molecule has 2 heterocycles. The Bertz CT molecular complexity index is 1140. The lowest BCUT2D eigenvalue weighted by molar-refractivity contribution is 0.307. The third-order valence-electron chi connectivity index (χ3n) is 5.64. The number of hydrogen-bond acceptors (Lipinski definition) is 4. The van der Waals surface area contributed by atoms with E-state index >= 15 is 0 Å². The smallest absolute Gasteiger partial charge is 0.147 e. The first-order valence-corrected chi connectivity index (χ1v) is 10.6. The van der Waals surface area contributed by atoms with E-state index in [1.54, 1.807) is 0 Å². The van der Waals surface area contributed by atoms with E-state index in [1.807, 2.05) is 48.7 Å². The average molecular weight is 396 g/mol. The second-order valence-electron chi connectivity index (χ2n) is 7.75. The summed E-state index contributed by atoms with van der Waals surface area (Å²) in [5, 5.41) is 0. The van der Waals surface area contributed by atoms with Crippen molar-refractivity contribution in [2.24, 2.45) is 0 Å². The number of aromatic nitrogens is 2. The maximum absolute atomic E-state index is 6.16. The third-order valence-corrected chi connectivity index (χ3v) is 5.64. The summed E-state index contributed by atoms with van der Waals surface area (Å²) in [5.74, 6) is 1.86. The molecule has 0 atom stereocenters. The van der Waals surface area contributed by atoms with Crippen LogP contribution in [-0.4, -0.2) is 23.1 Å². The highest BCUT2D eigenvalue weighted by Gasteiger charge is 2.14. The van der Waals surface area contributed by atoms with Crippen molar-refractivity contribution in [1.29, 1.82) is 0 Å². The van der Waals surface area contributed by atoms with Gasteiger partial charge in [0, 0.05) is 18.7 Å². The summed E-state index contributed by atoms with van der Waals surface area (Å²) in [4.78, 5) is 11.9. The molecule has 0 unspecified atom stereocenters. The van der Waals surface area contributed by atoms with E-state index in [9.17, 15) is 0 Å². The number of benzene rings is 3. The number of anilines is 1. The van der Waals surface area contributed by atoms with Crippen molar-refractivity contribution < 1.29 is 4.74 Å². The summed E-state index contributed by atoms with van der Waals surface area (Å²) < 4.78 is 6.16. The van der Waals surface area contributed by atoms with Gasteiger partial charge in [0.15, 0.2) is 0 Å². The van der Waals surface area contributed by atoms with Gasteiger partial charge < -0.3 is 9.64 Å². The van der Waals surface area contributed by atoms with Gasteiger partial charge in [0.2, 0.25) is 0 Å². The molecule has 1 aliphatic rings. The van der Waals surface area contributed by atoms with Crippen LogP contribution in [0.15, 0.2) is 79.0 Å². The Kier molecular flexibility index (Phi) is 5.30. The minimum Gasteiger partial charge on any atom is -0.488 e. The minimum atomic E-state index is 0.546. The van der Waals surface area contributed by atoms with Gasteiger partial charge in [0.1, 0.15) is 18.2 Å². The summed E-state index contributed by atoms with van der Waals surface area (Å²) in [6.07, 6.45) is 5.67. The molecular formula is C26H25N3O. The highest BCUT2D eigenvalue weighted by Crippen LogP contribution is 2.32. The molecule has 0 amide bonds. The quantitative estimate of drug-likeness (QED) is 0.424. The number of fused-ring (bicyclic) bond motifs is 1. The van der Waals surface area contributed by atoms with Crippen LogP contribution in [0.4, 0.5) is 5.82 Å². The lowest BCUT2D eigenvalue weighted by atomic mass is 10.0. The lowest BCUT2D eigenvalue weighted by Crippen LogP contribution is -2.30. The van der Waals surface area contributed by atoms with Gasteiger partial charge in [0.25, 0.3) is 0 Å². The number of piperidine rings is 1. The highest BCUT2D eigenvalue weighted by atomic mass is 16.5. The van der Waals surface area contributed by atoms with Crippen LogP contribution in [-0.2, 0) is 6.61 Å². The second kappa shape index (κ2) is 8.54. The lowest BCUT2D eigenvalue weighted by Gasteiger charge is -2.27. The van der Waals surface area contributed by atoms with Gasteiger partial charge in [-0.2, -0.15) is 0 Å². The van der Waals surface area contributed by atoms with E-state index in [0.29, 0.717) is 6.61 Å². The number of hydrogen-bond donors (Lipinski definition) is 0. The molecule has 5 rings (SSSR count). The summed E-state index contributed by atoms with van der Waals surface area (Å²) >= 11 is 0. The fraction of sp³-hybridized carbons (Fsp3) is 0.231. The van der Waals surface area contributed by atoms with Crippen molar-refractivity contribution in [1.82, 2.24) is 9.97 Å². The molecular weight excluding hydrogens is 370 g/mol. The van der Waals surface area contributed by atoms with Crippen LogP contribution in [0.5, 0.6) is 5.75 Å². The first-order valence-electron chi connectivity index (χ1n) is 10.6. The molecule has 4 aromatic rings. The van der Waals surface area contributed by atoms with E-state index in [-0.39, 0.29) is 0 Å². The topological polar surface area (TPSA) is 38.2 Å². The Morgan fingerprint density at radius 1 is 0.800 bits per heavy atom. The van der Waals surface area contributed by atoms with Gasteiger partial charge >= 0.3 is 0 Å². The molecule has 150 valence electrons. The molecule has 1 fully saturated rings. The predicted molar refractivity (Wildman–Crippen MR) is 122 cm³/mol. The van der Waals surface area contributed by atoms with E-state index in [1.165, 1.54) is 19.3 Å². The maximum atomic E-state index is 6.16. The van der Waals surface area contributed by atoms with E-state index < -0.39 is 0 Å². The summed E-state index contributed by atoms with van der Waals surface area (Å²) in [6.45, 7) is 2.68. The standard InChI is InChI=1S/C26H25N3O/c1-3-9-20(10-4-1)19-30-25-12-6-5-11-22(25)21-13-14-23-24(17-21)28-26(18-27-23)29-15-7-2-8-16-29/h1,3-6,9-14,17-18H,2,7-8,15-16,19H2. The van der Waals surface area contributed by atoms with Gasteiger partial charge in [-0.1, -0.05) is 54.6 Å².